The molecule has 3 N–H and O–H groups in total. The Balaban J connectivity index is 1.40. The maximum absolute atomic E-state index is 12.3. The van der Waals surface area contributed by atoms with Crippen molar-refractivity contribution in [3.05, 3.63) is 42.5 Å². The van der Waals surface area contributed by atoms with Gasteiger partial charge < -0.3 is 15.7 Å². The zero-order valence-electron chi connectivity index (χ0n) is 19.0. The number of carbonyl (C=O) groups excluding carboxylic acids is 2. The highest BCUT2D eigenvalue weighted by Gasteiger charge is 2.47. The number of fused-ring (bicyclic) bond motifs is 2. The van der Waals surface area contributed by atoms with Crippen molar-refractivity contribution in [3.8, 4) is 0 Å². The molecule has 2 amide bonds. The Morgan fingerprint density at radius 1 is 1.00 bits per heavy atom. The zero-order valence-corrected chi connectivity index (χ0v) is 20.7. The van der Waals surface area contributed by atoms with Gasteiger partial charge in [-0.3, -0.25) is 14.4 Å². The summed E-state index contributed by atoms with van der Waals surface area (Å²) in [5.74, 6) is -1.70. The number of carbonyl (C=O) groups is 3. The van der Waals surface area contributed by atoms with Gasteiger partial charge in [-0.2, -0.15) is 11.8 Å². The summed E-state index contributed by atoms with van der Waals surface area (Å²) in [6, 6.07) is 7.75. The number of amides is 2. The van der Waals surface area contributed by atoms with Gasteiger partial charge in [-0.25, -0.2) is 8.42 Å². The van der Waals surface area contributed by atoms with Gasteiger partial charge in [-0.15, -0.1) is 0 Å². The van der Waals surface area contributed by atoms with Crippen LogP contribution in [0.5, 0.6) is 0 Å². The summed E-state index contributed by atoms with van der Waals surface area (Å²) in [5.41, 5.74) is 0. The average Bonchev–Trinajstić information content (AvgIpc) is 3.40. The van der Waals surface area contributed by atoms with E-state index in [4.69, 9.17) is 5.11 Å². The Morgan fingerprint density at radius 3 is 2.41 bits per heavy atom. The summed E-state index contributed by atoms with van der Waals surface area (Å²) in [4.78, 5) is 35.0. The van der Waals surface area contributed by atoms with Crippen molar-refractivity contribution in [3.63, 3.8) is 0 Å². The molecule has 1 aromatic rings. The number of carboxylic acid groups (broad SMARTS) is 1. The van der Waals surface area contributed by atoms with Crippen LogP contribution >= 0.6 is 11.8 Å². The molecule has 34 heavy (non-hydrogen) atoms. The Hall–Kier alpha value is -2.33. The fourth-order valence-electron chi connectivity index (χ4n) is 4.63. The van der Waals surface area contributed by atoms with Gasteiger partial charge in [-0.05, 0) is 56.1 Å². The molecule has 0 saturated carbocycles. The molecule has 2 aliphatic heterocycles. The lowest BCUT2D eigenvalue weighted by Crippen LogP contribution is -2.43. The lowest BCUT2D eigenvalue weighted by atomic mass is 9.77. The molecule has 2 aliphatic rings. The number of aliphatic carboxylic acids is 1. The Labute approximate surface area is 204 Å². The van der Waals surface area contributed by atoms with Crippen molar-refractivity contribution in [1.29, 1.82) is 0 Å². The van der Waals surface area contributed by atoms with Gasteiger partial charge in [0.05, 0.1) is 11.4 Å². The lowest BCUT2D eigenvalue weighted by Gasteiger charge is -2.29. The van der Waals surface area contributed by atoms with Gasteiger partial charge in [0.15, 0.2) is 9.84 Å². The third-order valence-electron chi connectivity index (χ3n) is 6.33. The molecule has 10 heteroatoms. The van der Waals surface area contributed by atoms with Gasteiger partial charge in [0.2, 0.25) is 11.8 Å². The molecule has 0 aromatic heterocycles. The molecule has 2 fully saturated rings. The van der Waals surface area contributed by atoms with Crippen LogP contribution in [0.25, 0.3) is 0 Å². The summed E-state index contributed by atoms with van der Waals surface area (Å²) in [7, 11) is -3.75. The van der Waals surface area contributed by atoms with Crippen LogP contribution in [-0.2, 0) is 24.2 Å². The van der Waals surface area contributed by atoms with Crippen LogP contribution < -0.4 is 10.6 Å². The molecule has 1 aromatic carbocycles. The van der Waals surface area contributed by atoms with Crippen LogP contribution in [0.1, 0.15) is 38.5 Å². The standard InChI is InChI=1S/C24H32N2O6S2/c27-22(15-26-23(28)16-34(31,32)17-8-4-3-5-9-17)25-14-19-18(20-12-13-21(19)33-20)10-6-1-2-7-11-24(29)30/h1,3-6,8-9,18-21H,2,7,10-16H2,(H,25,27)(H,26,28)(H,29,30)/b6-1-/t18-,19+,20-,21+/m0/s1. The summed E-state index contributed by atoms with van der Waals surface area (Å²) in [5, 5.41) is 15.1. The minimum Gasteiger partial charge on any atom is -0.481 e. The van der Waals surface area contributed by atoms with E-state index in [0.717, 1.165) is 19.3 Å². The molecule has 2 saturated heterocycles. The third-order valence-corrected chi connectivity index (χ3v) is 9.83. The molecule has 3 rings (SSSR count). The first-order chi connectivity index (χ1) is 16.3. The quantitative estimate of drug-likeness (QED) is 0.276. The van der Waals surface area contributed by atoms with E-state index >= 15 is 0 Å². The molecule has 186 valence electrons. The van der Waals surface area contributed by atoms with Crippen molar-refractivity contribution < 1.29 is 27.9 Å². The molecule has 4 atom stereocenters. The number of nitrogens with one attached hydrogen (secondary N) is 2. The van der Waals surface area contributed by atoms with Crippen molar-refractivity contribution in [1.82, 2.24) is 10.6 Å². The highest BCUT2D eigenvalue weighted by atomic mass is 32.2. The minimum atomic E-state index is -3.75. The van der Waals surface area contributed by atoms with Gasteiger partial charge >= 0.3 is 5.97 Å². The molecular formula is C24H32N2O6S2. The summed E-state index contributed by atoms with van der Waals surface area (Å²) in [6.45, 7) is 0.272. The summed E-state index contributed by atoms with van der Waals surface area (Å²) in [6.07, 6.45) is 8.99. The van der Waals surface area contributed by atoms with Gasteiger partial charge in [0.25, 0.3) is 0 Å². The fraction of sp³-hybridized carbons (Fsp3) is 0.542. The first-order valence-corrected chi connectivity index (χ1v) is 14.2. The largest absolute Gasteiger partial charge is 0.481 e. The number of sulfone groups is 1. The zero-order chi connectivity index (χ0) is 24.6. The molecule has 2 bridgehead atoms. The number of unbranched alkanes of at least 4 members (excludes halogenated alkanes) is 1. The first kappa shape index (κ1) is 26.3. The van der Waals surface area contributed by atoms with E-state index in [1.807, 2.05) is 17.8 Å². The molecule has 2 heterocycles. The average molecular weight is 509 g/mol. The van der Waals surface area contributed by atoms with Crippen molar-refractivity contribution in [2.75, 3.05) is 18.8 Å². The maximum atomic E-state index is 12.3. The van der Waals surface area contributed by atoms with E-state index in [9.17, 15) is 22.8 Å². The van der Waals surface area contributed by atoms with Gasteiger partial charge in [0.1, 0.15) is 5.75 Å². The number of rotatable bonds is 13. The van der Waals surface area contributed by atoms with Crippen molar-refractivity contribution in [2.45, 2.75) is 53.9 Å². The second kappa shape index (κ2) is 12.4. The minimum absolute atomic E-state index is 0.0744. The molecule has 0 radical (unpaired) electrons. The Bertz CT molecular complexity index is 996. The smallest absolute Gasteiger partial charge is 0.303 e. The Morgan fingerprint density at radius 2 is 1.71 bits per heavy atom. The number of hydrogen-bond acceptors (Lipinski definition) is 6. The number of hydrogen-bond donors (Lipinski definition) is 3. The molecular weight excluding hydrogens is 476 g/mol. The fourth-order valence-corrected chi connectivity index (χ4v) is 7.82. The van der Waals surface area contributed by atoms with Crippen LogP contribution in [0.4, 0.5) is 0 Å². The SMILES string of the molecule is O=C(O)CCC/C=C\C[C@H]1[C@@H](CNC(=O)CNC(=O)CS(=O)(=O)c2ccccc2)[C@H]2CC[C@@H]1S2. The number of thioether (sulfide) groups is 1. The van der Waals surface area contributed by atoms with E-state index in [-0.39, 0.29) is 23.8 Å². The molecule has 0 unspecified atom stereocenters. The van der Waals surface area contributed by atoms with E-state index in [1.165, 1.54) is 18.6 Å². The van der Waals surface area contributed by atoms with Crippen LogP contribution in [0.15, 0.2) is 47.4 Å². The van der Waals surface area contributed by atoms with Crippen LogP contribution in [0, 0.1) is 11.8 Å². The van der Waals surface area contributed by atoms with Crippen LogP contribution in [0.2, 0.25) is 0 Å². The lowest BCUT2D eigenvalue weighted by molar-refractivity contribution is -0.137. The van der Waals surface area contributed by atoms with Gasteiger partial charge in [0, 0.05) is 23.5 Å². The van der Waals surface area contributed by atoms with Gasteiger partial charge in [-0.1, -0.05) is 30.4 Å². The second-order valence-electron chi connectivity index (χ2n) is 8.76. The van der Waals surface area contributed by atoms with Crippen LogP contribution in [-0.4, -0.2) is 60.7 Å². The van der Waals surface area contributed by atoms with E-state index in [1.54, 1.807) is 18.2 Å². The van der Waals surface area contributed by atoms with Crippen LogP contribution in [0.3, 0.4) is 0 Å². The predicted molar refractivity (Wildman–Crippen MR) is 131 cm³/mol. The first-order valence-electron chi connectivity index (χ1n) is 11.6. The molecule has 0 aliphatic carbocycles. The topological polar surface area (TPSA) is 130 Å². The van der Waals surface area contributed by atoms with E-state index in [0.29, 0.717) is 35.3 Å². The normalized spacial score (nSPS) is 23.8. The highest BCUT2D eigenvalue weighted by molar-refractivity contribution is 8.01. The summed E-state index contributed by atoms with van der Waals surface area (Å²) >= 11 is 1.99. The monoisotopic (exact) mass is 508 g/mol. The molecule has 8 nitrogen and oxygen atoms in total. The summed E-state index contributed by atoms with van der Waals surface area (Å²) < 4.78 is 24.6. The van der Waals surface area contributed by atoms with Crippen molar-refractivity contribution >= 4 is 39.4 Å². The Kier molecular flexibility index (Phi) is 9.58. The predicted octanol–water partition coefficient (Wildman–Crippen LogP) is 2.40. The van der Waals surface area contributed by atoms with Crippen molar-refractivity contribution in [2.24, 2.45) is 11.8 Å². The number of carboxylic acids is 1. The number of allylic oxidation sites excluding steroid dienone is 2. The third kappa shape index (κ3) is 7.59. The van der Waals surface area contributed by atoms with E-state index in [2.05, 4.69) is 16.7 Å². The molecule has 0 spiro atoms. The highest BCUT2D eigenvalue weighted by Crippen LogP contribution is 2.54. The number of benzene rings is 1. The maximum Gasteiger partial charge on any atom is 0.303 e. The second-order valence-corrected chi connectivity index (χ2v) is 12.2. The van der Waals surface area contributed by atoms with E-state index < -0.39 is 27.5 Å².